The van der Waals surface area contributed by atoms with Crippen LogP contribution in [0.4, 0.5) is 5.69 Å². The van der Waals surface area contributed by atoms with Gasteiger partial charge in [0, 0.05) is 11.6 Å². The van der Waals surface area contributed by atoms with Gasteiger partial charge in [-0.1, -0.05) is 39.8 Å². The van der Waals surface area contributed by atoms with Gasteiger partial charge < -0.3 is 9.52 Å². The minimum Gasteiger partial charge on any atom is -0.503 e. The number of anilines is 1. The summed E-state index contributed by atoms with van der Waals surface area (Å²) >= 11 is 0. The van der Waals surface area contributed by atoms with Crippen molar-refractivity contribution in [2.24, 2.45) is 5.92 Å². The Hall–Kier alpha value is -2.82. The Morgan fingerprint density at radius 3 is 2.27 bits per heavy atom. The predicted molar refractivity (Wildman–Crippen MR) is 99.0 cm³/mol. The third kappa shape index (κ3) is 2.94. The molecule has 0 bridgehead atoms. The van der Waals surface area contributed by atoms with Crippen molar-refractivity contribution in [1.29, 1.82) is 0 Å². The van der Waals surface area contributed by atoms with Crippen LogP contribution < -0.4 is 4.90 Å². The summed E-state index contributed by atoms with van der Waals surface area (Å²) in [5.41, 5.74) is 1.84. The summed E-state index contributed by atoms with van der Waals surface area (Å²) in [6.07, 6.45) is 1.49. The molecule has 1 atom stereocenters. The van der Waals surface area contributed by atoms with Crippen molar-refractivity contribution >= 4 is 17.4 Å². The number of furan rings is 1. The fourth-order valence-corrected chi connectivity index (χ4v) is 3.17. The molecule has 0 aliphatic carbocycles. The van der Waals surface area contributed by atoms with Crippen molar-refractivity contribution in [2.45, 2.75) is 39.7 Å². The van der Waals surface area contributed by atoms with Gasteiger partial charge in [-0.3, -0.25) is 14.5 Å². The first kappa shape index (κ1) is 18.0. The van der Waals surface area contributed by atoms with Gasteiger partial charge in [0.05, 0.1) is 11.8 Å². The van der Waals surface area contributed by atoms with Gasteiger partial charge >= 0.3 is 0 Å². The molecule has 0 saturated heterocycles. The highest BCUT2D eigenvalue weighted by atomic mass is 16.3. The molecule has 1 N–H and O–H groups in total. The average Bonchev–Trinajstić information content (AvgIpc) is 3.22. The van der Waals surface area contributed by atoms with E-state index in [2.05, 4.69) is 13.8 Å². The van der Waals surface area contributed by atoms with E-state index in [-0.39, 0.29) is 17.3 Å². The number of carbonyl (C=O) groups excluding carboxylic acids is 2. The summed E-state index contributed by atoms with van der Waals surface area (Å²) in [7, 11) is 0. The lowest BCUT2D eigenvalue weighted by atomic mass is 9.94. The van der Waals surface area contributed by atoms with E-state index >= 15 is 0 Å². The lowest BCUT2D eigenvalue weighted by Crippen LogP contribution is -2.31. The monoisotopic (exact) mass is 353 g/mol. The Kier molecular flexibility index (Phi) is 4.72. The minimum atomic E-state index is -0.766. The van der Waals surface area contributed by atoms with Crippen LogP contribution in [0.2, 0.25) is 0 Å². The van der Waals surface area contributed by atoms with E-state index in [0.717, 1.165) is 5.56 Å². The molecule has 1 aromatic carbocycles. The Morgan fingerprint density at radius 2 is 1.77 bits per heavy atom. The van der Waals surface area contributed by atoms with Crippen LogP contribution in [0.15, 0.2) is 58.4 Å². The van der Waals surface area contributed by atoms with Crippen LogP contribution >= 0.6 is 0 Å². The topological polar surface area (TPSA) is 70.8 Å². The van der Waals surface area contributed by atoms with Gasteiger partial charge in [0.25, 0.3) is 5.91 Å². The highest BCUT2D eigenvalue weighted by Gasteiger charge is 2.46. The van der Waals surface area contributed by atoms with Crippen molar-refractivity contribution in [3.8, 4) is 0 Å². The maximum atomic E-state index is 12.8. The van der Waals surface area contributed by atoms with E-state index in [1.54, 1.807) is 26.0 Å². The standard InChI is InChI=1S/C21H23NO4/c1-12(2)14-7-9-15(10-8-14)22-18(16-6-5-11-26-16)17(19(23)13(3)4)20(24)21(22)25/h5-13,18,24H,1-4H3. The van der Waals surface area contributed by atoms with Gasteiger partial charge in [-0.15, -0.1) is 0 Å². The third-order valence-corrected chi connectivity index (χ3v) is 4.65. The highest BCUT2D eigenvalue weighted by molar-refractivity contribution is 6.16. The average molecular weight is 353 g/mol. The van der Waals surface area contributed by atoms with E-state index in [9.17, 15) is 14.7 Å². The van der Waals surface area contributed by atoms with Gasteiger partial charge in [-0.2, -0.15) is 0 Å². The van der Waals surface area contributed by atoms with Crippen LogP contribution in [-0.2, 0) is 9.59 Å². The maximum Gasteiger partial charge on any atom is 0.294 e. The van der Waals surface area contributed by atoms with Crippen LogP contribution in [0.3, 0.4) is 0 Å². The smallest absolute Gasteiger partial charge is 0.294 e. The molecule has 1 amide bonds. The zero-order valence-corrected chi connectivity index (χ0v) is 15.4. The highest BCUT2D eigenvalue weighted by Crippen LogP contribution is 2.42. The minimum absolute atomic E-state index is 0.0906. The lowest BCUT2D eigenvalue weighted by molar-refractivity contribution is -0.119. The Bertz CT molecular complexity index is 845. The number of hydrogen-bond acceptors (Lipinski definition) is 4. The molecule has 1 aliphatic rings. The predicted octanol–water partition coefficient (Wildman–Crippen LogP) is 4.53. The zero-order valence-electron chi connectivity index (χ0n) is 15.4. The first-order chi connectivity index (χ1) is 12.3. The normalized spacial score (nSPS) is 17.7. The van der Waals surface area contributed by atoms with Crippen LogP contribution in [0.5, 0.6) is 0 Å². The Labute approximate surface area is 152 Å². The summed E-state index contributed by atoms with van der Waals surface area (Å²) in [4.78, 5) is 26.9. The summed E-state index contributed by atoms with van der Waals surface area (Å²) < 4.78 is 5.50. The molecular weight excluding hydrogens is 330 g/mol. The Balaban J connectivity index is 2.10. The largest absolute Gasteiger partial charge is 0.503 e. The Morgan fingerprint density at radius 1 is 1.12 bits per heavy atom. The number of aliphatic hydroxyl groups excluding tert-OH is 1. The number of ketones is 1. The summed E-state index contributed by atoms with van der Waals surface area (Å²) in [5, 5.41) is 10.4. The fraction of sp³-hybridized carbons (Fsp3) is 0.333. The van der Waals surface area contributed by atoms with Gasteiger partial charge in [0.2, 0.25) is 0 Å². The molecule has 136 valence electrons. The van der Waals surface area contributed by atoms with Gasteiger partial charge in [0.1, 0.15) is 11.8 Å². The number of carbonyl (C=O) groups is 2. The molecule has 3 rings (SSSR count). The number of amides is 1. The van der Waals surface area contributed by atoms with Crippen LogP contribution in [-0.4, -0.2) is 16.8 Å². The van der Waals surface area contributed by atoms with Crippen molar-refractivity contribution in [2.75, 3.05) is 4.90 Å². The molecule has 0 spiro atoms. The van der Waals surface area contributed by atoms with Crippen molar-refractivity contribution in [3.05, 3.63) is 65.3 Å². The van der Waals surface area contributed by atoms with E-state index in [0.29, 0.717) is 17.4 Å². The SMILES string of the molecule is CC(C)C(=O)C1=C(O)C(=O)N(c2ccc(C(C)C)cc2)C1c1ccco1. The number of rotatable bonds is 5. The molecule has 0 radical (unpaired) electrons. The second kappa shape index (κ2) is 6.83. The summed E-state index contributed by atoms with van der Waals surface area (Å²) in [6, 6.07) is 10.2. The molecule has 5 nitrogen and oxygen atoms in total. The second-order valence-electron chi connectivity index (χ2n) is 7.12. The van der Waals surface area contributed by atoms with Gasteiger partial charge in [-0.25, -0.2) is 0 Å². The number of nitrogens with zero attached hydrogens (tertiary/aromatic N) is 1. The summed E-state index contributed by atoms with van der Waals surface area (Å²) in [5.74, 6) is -0.895. The zero-order chi connectivity index (χ0) is 19.0. The van der Waals surface area contributed by atoms with E-state index < -0.39 is 17.7 Å². The van der Waals surface area contributed by atoms with Crippen LogP contribution in [0, 0.1) is 5.92 Å². The molecule has 26 heavy (non-hydrogen) atoms. The van der Waals surface area contributed by atoms with Crippen molar-refractivity contribution < 1.29 is 19.1 Å². The number of Topliss-reactive ketones (excluding diaryl/α,β-unsaturated/α-hetero) is 1. The molecule has 5 heteroatoms. The molecule has 1 aliphatic heterocycles. The molecular formula is C21H23NO4. The fourth-order valence-electron chi connectivity index (χ4n) is 3.17. The number of aliphatic hydroxyl groups is 1. The molecule has 0 saturated carbocycles. The van der Waals surface area contributed by atoms with Gasteiger partial charge in [0.15, 0.2) is 11.5 Å². The van der Waals surface area contributed by atoms with Crippen LogP contribution in [0.1, 0.15) is 51.0 Å². The first-order valence-electron chi connectivity index (χ1n) is 8.77. The first-order valence-corrected chi connectivity index (χ1v) is 8.77. The third-order valence-electron chi connectivity index (χ3n) is 4.65. The molecule has 1 unspecified atom stereocenters. The van der Waals surface area contributed by atoms with E-state index in [1.165, 1.54) is 11.2 Å². The van der Waals surface area contributed by atoms with E-state index in [4.69, 9.17) is 4.42 Å². The molecule has 2 aromatic rings. The quantitative estimate of drug-likeness (QED) is 0.857. The number of hydrogen-bond donors (Lipinski definition) is 1. The molecule has 1 aromatic heterocycles. The lowest BCUT2D eigenvalue weighted by Gasteiger charge is -2.25. The van der Waals surface area contributed by atoms with Crippen molar-refractivity contribution in [1.82, 2.24) is 0 Å². The summed E-state index contributed by atoms with van der Waals surface area (Å²) in [6.45, 7) is 7.67. The second-order valence-corrected chi connectivity index (χ2v) is 7.12. The van der Waals surface area contributed by atoms with Gasteiger partial charge in [-0.05, 0) is 35.7 Å². The molecule has 2 heterocycles. The maximum absolute atomic E-state index is 12.8. The van der Waals surface area contributed by atoms with Crippen molar-refractivity contribution in [3.63, 3.8) is 0 Å². The van der Waals surface area contributed by atoms with E-state index in [1.807, 2.05) is 24.3 Å². The number of benzene rings is 1. The van der Waals surface area contributed by atoms with Crippen LogP contribution in [0.25, 0.3) is 0 Å². The molecule has 0 fully saturated rings.